The predicted molar refractivity (Wildman–Crippen MR) is 90.1 cm³/mol. The average Bonchev–Trinajstić information content (AvgIpc) is 2.87. The quantitative estimate of drug-likeness (QED) is 0.496. The summed E-state index contributed by atoms with van der Waals surface area (Å²) in [6, 6.07) is 9.99. The van der Waals surface area contributed by atoms with Crippen molar-refractivity contribution in [2.45, 2.75) is 0 Å². The van der Waals surface area contributed by atoms with Crippen LogP contribution in [0.15, 0.2) is 42.5 Å². The summed E-state index contributed by atoms with van der Waals surface area (Å²) >= 11 is 0. The van der Waals surface area contributed by atoms with Crippen molar-refractivity contribution < 1.29 is 24.0 Å². The van der Waals surface area contributed by atoms with Crippen molar-refractivity contribution in [3.8, 4) is 5.75 Å². The molecule has 0 saturated carbocycles. The normalized spacial score (nSPS) is 12.7. The van der Waals surface area contributed by atoms with E-state index in [1.165, 1.54) is 31.4 Å². The van der Waals surface area contributed by atoms with Crippen LogP contribution in [0.5, 0.6) is 5.75 Å². The number of rotatable bonds is 5. The van der Waals surface area contributed by atoms with E-state index in [1.54, 1.807) is 12.1 Å². The Kier molecular flexibility index (Phi) is 4.36. The molecule has 26 heavy (non-hydrogen) atoms. The van der Waals surface area contributed by atoms with Gasteiger partial charge in [0, 0.05) is 12.1 Å². The van der Waals surface area contributed by atoms with E-state index in [2.05, 4.69) is 5.32 Å². The number of nitro benzene ring substituents is 1. The minimum absolute atomic E-state index is 0.0725. The fourth-order valence-electron chi connectivity index (χ4n) is 2.62. The highest BCUT2D eigenvalue weighted by Gasteiger charge is 2.36. The van der Waals surface area contributed by atoms with E-state index in [9.17, 15) is 24.5 Å². The van der Waals surface area contributed by atoms with E-state index in [0.29, 0.717) is 0 Å². The number of nitrogens with zero attached hydrogens (tertiary/aromatic N) is 2. The molecule has 0 aliphatic carbocycles. The van der Waals surface area contributed by atoms with Crippen molar-refractivity contribution in [1.82, 2.24) is 4.90 Å². The van der Waals surface area contributed by atoms with Crippen molar-refractivity contribution >= 4 is 29.1 Å². The van der Waals surface area contributed by atoms with E-state index in [1.807, 2.05) is 0 Å². The van der Waals surface area contributed by atoms with E-state index >= 15 is 0 Å². The number of hydrogen-bond acceptors (Lipinski definition) is 6. The van der Waals surface area contributed by atoms with Gasteiger partial charge in [-0.15, -0.1) is 0 Å². The highest BCUT2D eigenvalue weighted by atomic mass is 16.6. The zero-order valence-corrected chi connectivity index (χ0v) is 13.6. The molecule has 9 nitrogen and oxygen atoms in total. The number of ether oxygens (including phenoxy) is 1. The van der Waals surface area contributed by atoms with Gasteiger partial charge >= 0.3 is 0 Å². The summed E-state index contributed by atoms with van der Waals surface area (Å²) < 4.78 is 5.06. The van der Waals surface area contributed by atoms with Gasteiger partial charge < -0.3 is 10.1 Å². The van der Waals surface area contributed by atoms with Crippen molar-refractivity contribution in [3.63, 3.8) is 0 Å². The van der Waals surface area contributed by atoms with Crippen LogP contribution >= 0.6 is 0 Å². The first kappa shape index (κ1) is 17.1. The molecule has 3 amide bonds. The number of non-ortho nitro benzene ring substituents is 1. The Bertz CT molecular complexity index is 905. The molecular weight excluding hydrogens is 342 g/mol. The maximum absolute atomic E-state index is 12.3. The molecule has 0 radical (unpaired) electrons. The van der Waals surface area contributed by atoms with E-state index in [-0.39, 0.29) is 28.3 Å². The molecule has 0 bridgehead atoms. The molecule has 1 heterocycles. The number of fused-ring (bicyclic) bond motifs is 1. The van der Waals surface area contributed by atoms with Crippen LogP contribution in [0, 0.1) is 10.1 Å². The molecule has 1 N–H and O–H groups in total. The lowest BCUT2D eigenvalue weighted by Gasteiger charge is -2.15. The summed E-state index contributed by atoms with van der Waals surface area (Å²) in [5.74, 6) is -1.59. The molecule has 0 aromatic heterocycles. The maximum atomic E-state index is 12.3. The number of imide groups is 1. The summed E-state index contributed by atoms with van der Waals surface area (Å²) in [5.41, 5.74) is 0.307. The van der Waals surface area contributed by atoms with Crippen LogP contribution in [0.1, 0.15) is 20.7 Å². The van der Waals surface area contributed by atoms with Crippen LogP contribution < -0.4 is 10.1 Å². The molecule has 0 fully saturated rings. The number of nitro groups is 1. The molecule has 0 saturated heterocycles. The van der Waals surface area contributed by atoms with Gasteiger partial charge in [-0.2, -0.15) is 0 Å². The second kappa shape index (κ2) is 6.63. The third kappa shape index (κ3) is 2.97. The Morgan fingerprint density at radius 1 is 1.15 bits per heavy atom. The van der Waals surface area contributed by atoms with Crippen LogP contribution in [0.3, 0.4) is 0 Å². The summed E-state index contributed by atoms with van der Waals surface area (Å²) in [6.07, 6.45) is 0. The van der Waals surface area contributed by atoms with E-state index in [4.69, 9.17) is 4.74 Å². The summed E-state index contributed by atoms with van der Waals surface area (Å²) in [7, 11) is 1.35. The molecule has 0 unspecified atom stereocenters. The van der Waals surface area contributed by atoms with Crippen LogP contribution in [-0.4, -0.2) is 41.2 Å². The molecule has 132 valence electrons. The van der Waals surface area contributed by atoms with Crippen molar-refractivity contribution in [2.24, 2.45) is 0 Å². The number of carbonyl (C=O) groups is 3. The first-order valence-electron chi connectivity index (χ1n) is 7.50. The first-order valence-corrected chi connectivity index (χ1v) is 7.50. The van der Waals surface area contributed by atoms with Gasteiger partial charge in [0.1, 0.15) is 12.3 Å². The third-order valence-electron chi connectivity index (χ3n) is 3.85. The Morgan fingerprint density at radius 3 is 2.31 bits per heavy atom. The Labute approximate surface area is 147 Å². The van der Waals surface area contributed by atoms with Gasteiger partial charge in [-0.3, -0.25) is 29.4 Å². The molecule has 1 aliphatic heterocycles. The topological polar surface area (TPSA) is 119 Å². The van der Waals surface area contributed by atoms with E-state index < -0.39 is 29.2 Å². The van der Waals surface area contributed by atoms with Crippen LogP contribution in [0.2, 0.25) is 0 Å². The van der Waals surface area contributed by atoms with Gasteiger partial charge in [0.2, 0.25) is 5.91 Å². The fraction of sp³-hybridized carbons (Fsp3) is 0.118. The fourth-order valence-corrected chi connectivity index (χ4v) is 2.62. The summed E-state index contributed by atoms with van der Waals surface area (Å²) in [4.78, 5) is 47.9. The Morgan fingerprint density at radius 2 is 1.77 bits per heavy atom. The summed E-state index contributed by atoms with van der Waals surface area (Å²) in [6.45, 7) is -0.516. The monoisotopic (exact) mass is 355 g/mol. The minimum Gasteiger partial charge on any atom is -0.495 e. The second-order valence-electron chi connectivity index (χ2n) is 5.43. The molecule has 2 aromatic rings. The van der Waals surface area contributed by atoms with Gasteiger partial charge in [-0.1, -0.05) is 12.1 Å². The third-order valence-corrected chi connectivity index (χ3v) is 3.85. The van der Waals surface area contributed by atoms with E-state index in [0.717, 1.165) is 11.0 Å². The largest absolute Gasteiger partial charge is 0.495 e. The van der Waals surface area contributed by atoms with Crippen molar-refractivity contribution in [3.05, 3.63) is 63.7 Å². The number of methoxy groups -OCH3 is 1. The smallest absolute Gasteiger partial charge is 0.271 e. The number of anilines is 1. The van der Waals surface area contributed by atoms with Crippen LogP contribution in [0.4, 0.5) is 11.4 Å². The first-order chi connectivity index (χ1) is 12.4. The van der Waals surface area contributed by atoms with Crippen molar-refractivity contribution in [1.29, 1.82) is 0 Å². The SMILES string of the molecule is COc1ccc([N+](=O)[O-])cc1NC(=O)CN1C(=O)c2ccccc2C1=O. The molecule has 9 heteroatoms. The molecule has 0 atom stereocenters. The summed E-state index contributed by atoms with van der Waals surface area (Å²) in [5, 5.41) is 13.3. The molecule has 3 rings (SSSR count). The maximum Gasteiger partial charge on any atom is 0.271 e. The highest BCUT2D eigenvalue weighted by Crippen LogP contribution is 2.29. The van der Waals surface area contributed by atoms with Crippen LogP contribution in [-0.2, 0) is 4.79 Å². The second-order valence-corrected chi connectivity index (χ2v) is 5.43. The molecular formula is C17H13N3O6. The lowest BCUT2D eigenvalue weighted by atomic mass is 10.1. The molecule has 1 aliphatic rings. The predicted octanol–water partition coefficient (Wildman–Crippen LogP) is 1.84. The van der Waals surface area contributed by atoms with Gasteiger partial charge in [0.05, 0.1) is 28.8 Å². The number of benzene rings is 2. The Balaban J connectivity index is 1.78. The number of amides is 3. The number of carbonyl (C=O) groups excluding carboxylic acids is 3. The lowest BCUT2D eigenvalue weighted by molar-refractivity contribution is -0.384. The van der Waals surface area contributed by atoms with Crippen LogP contribution in [0.25, 0.3) is 0 Å². The van der Waals surface area contributed by atoms with Crippen molar-refractivity contribution in [2.75, 3.05) is 19.0 Å². The average molecular weight is 355 g/mol. The van der Waals surface area contributed by atoms with Gasteiger partial charge in [-0.05, 0) is 18.2 Å². The lowest BCUT2D eigenvalue weighted by Crippen LogP contribution is -2.37. The standard InChI is InChI=1S/C17H13N3O6/c1-26-14-7-6-10(20(24)25)8-13(14)18-15(21)9-19-16(22)11-4-2-3-5-12(11)17(19)23/h2-8H,9H2,1H3,(H,18,21). The zero-order chi connectivity index (χ0) is 18.8. The molecule has 2 aromatic carbocycles. The number of nitrogens with one attached hydrogen (secondary N) is 1. The number of hydrogen-bond donors (Lipinski definition) is 1. The van der Waals surface area contributed by atoms with Gasteiger partial charge in [0.25, 0.3) is 17.5 Å². The minimum atomic E-state index is -0.682. The van der Waals surface area contributed by atoms with Gasteiger partial charge in [-0.25, -0.2) is 0 Å². The zero-order valence-electron chi connectivity index (χ0n) is 13.6. The van der Waals surface area contributed by atoms with Gasteiger partial charge in [0.15, 0.2) is 0 Å². The Hall–Kier alpha value is -3.75. The molecule has 0 spiro atoms. The highest BCUT2D eigenvalue weighted by molar-refractivity contribution is 6.22.